The van der Waals surface area contributed by atoms with E-state index in [1.54, 1.807) is 7.11 Å². The molecular weight excluding hydrogens is 240 g/mol. The van der Waals surface area contributed by atoms with Crippen molar-refractivity contribution in [1.29, 1.82) is 0 Å². The fourth-order valence-electron chi connectivity index (χ4n) is 2.43. The smallest absolute Gasteiger partial charge is 0.134 e. The van der Waals surface area contributed by atoms with Crippen molar-refractivity contribution in [1.82, 2.24) is 4.90 Å². The van der Waals surface area contributed by atoms with E-state index in [1.165, 1.54) is 0 Å². The summed E-state index contributed by atoms with van der Waals surface area (Å²) in [5.41, 5.74) is 8.01. The number of para-hydroxylation sites is 1. The van der Waals surface area contributed by atoms with E-state index in [9.17, 15) is 0 Å². The summed E-state index contributed by atoms with van der Waals surface area (Å²) >= 11 is 0. The highest BCUT2D eigenvalue weighted by Gasteiger charge is 2.23. The predicted octanol–water partition coefficient (Wildman–Crippen LogP) is 2.40. The first-order valence-corrected chi connectivity index (χ1v) is 6.56. The van der Waals surface area contributed by atoms with Crippen molar-refractivity contribution in [2.24, 2.45) is 5.73 Å². The van der Waals surface area contributed by atoms with Crippen LogP contribution in [0.1, 0.15) is 18.5 Å². The number of rotatable bonds is 6. The minimum absolute atomic E-state index is 0.133. The van der Waals surface area contributed by atoms with E-state index in [4.69, 9.17) is 14.9 Å². The molecule has 0 saturated carbocycles. The minimum atomic E-state index is 0.133. The highest BCUT2D eigenvalue weighted by atomic mass is 16.5. The van der Waals surface area contributed by atoms with Crippen molar-refractivity contribution in [3.05, 3.63) is 36.1 Å². The number of furan rings is 1. The van der Waals surface area contributed by atoms with E-state index in [0.29, 0.717) is 19.2 Å². The monoisotopic (exact) mass is 262 g/mol. The fraction of sp³-hybridized carbons (Fsp3) is 0.467. The molecule has 104 valence electrons. The van der Waals surface area contributed by atoms with Crippen LogP contribution >= 0.6 is 0 Å². The Kier molecular flexibility index (Phi) is 4.58. The summed E-state index contributed by atoms with van der Waals surface area (Å²) in [5.74, 6) is 0. The quantitative estimate of drug-likeness (QED) is 0.868. The van der Waals surface area contributed by atoms with Crippen LogP contribution < -0.4 is 5.73 Å². The minimum Gasteiger partial charge on any atom is -0.464 e. The zero-order chi connectivity index (χ0) is 13.8. The van der Waals surface area contributed by atoms with Crippen molar-refractivity contribution >= 4 is 11.0 Å². The van der Waals surface area contributed by atoms with Crippen LogP contribution in [-0.2, 0) is 4.74 Å². The lowest BCUT2D eigenvalue weighted by Crippen LogP contribution is -2.39. The number of nitrogens with zero attached hydrogens (tertiary/aromatic N) is 1. The largest absolute Gasteiger partial charge is 0.464 e. The summed E-state index contributed by atoms with van der Waals surface area (Å²) in [7, 11) is 3.79. The standard InChI is InChI=1S/C15H22N2O2/c1-11(9-18-3)17(2)14(8-16)13-10-19-15-7-5-4-6-12(13)15/h4-7,10-11,14H,8-9,16H2,1-3H3. The molecule has 0 saturated heterocycles. The normalized spacial score (nSPS) is 15.0. The molecule has 1 aromatic heterocycles. The molecule has 2 unspecified atom stereocenters. The molecule has 0 aliphatic rings. The SMILES string of the molecule is COCC(C)N(C)C(CN)c1coc2ccccc12. The summed E-state index contributed by atoms with van der Waals surface area (Å²) in [4.78, 5) is 2.24. The predicted molar refractivity (Wildman–Crippen MR) is 77.1 cm³/mol. The lowest BCUT2D eigenvalue weighted by atomic mass is 10.0. The van der Waals surface area contributed by atoms with Gasteiger partial charge in [0.05, 0.1) is 18.9 Å². The molecule has 0 amide bonds. The maximum atomic E-state index is 5.97. The van der Waals surface area contributed by atoms with E-state index in [-0.39, 0.29) is 6.04 Å². The zero-order valence-corrected chi connectivity index (χ0v) is 11.8. The van der Waals surface area contributed by atoms with Gasteiger partial charge in [0.1, 0.15) is 5.58 Å². The first-order valence-electron chi connectivity index (χ1n) is 6.56. The van der Waals surface area contributed by atoms with Gasteiger partial charge in [-0.15, -0.1) is 0 Å². The highest BCUT2D eigenvalue weighted by molar-refractivity contribution is 5.81. The third kappa shape index (κ3) is 2.81. The molecule has 0 aliphatic carbocycles. The van der Waals surface area contributed by atoms with Crippen LogP contribution in [0.2, 0.25) is 0 Å². The number of fused-ring (bicyclic) bond motifs is 1. The highest BCUT2D eigenvalue weighted by Crippen LogP contribution is 2.29. The number of likely N-dealkylation sites (N-methyl/N-ethyl adjacent to an activating group) is 1. The van der Waals surface area contributed by atoms with E-state index in [1.807, 2.05) is 24.5 Å². The third-order valence-electron chi connectivity index (χ3n) is 3.69. The lowest BCUT2D eigenvalue weighted by molar-refractivity contribution is 0.0912. The Bertz CT molecular complexity index is 524. The molecule has 0 fully saturated rings. The summed E-state index contributed by atoms with van der Waals surface area (Å²) in [5, 5.41) is 1.13. The number of nitrogens with two attached hydrogens (primary N) is 1. The second-order valence-corrected chi connectivity index (χ2v) is 4.91. The van der Waals surface area contributed by atoms with Gasteiger partial charge in [-0.1, -0.05) is 18.2 Å². The average Bonchev–Trinajstić information content (AvgIpc) is 2.84. The van der Waals surface area contributed by atoms with Gasteiger partial charge in [0.15, 0.2) is 0 Å². The van der Waals surface area contributed by atoms with Crippen molar-refractivity contribution in [3.63, 3.8) is 0 Å². The third-order valence-corrected chi connectivity index (χ3v) is 3.69. The Morgan fingerprint density at radius 1 is 1.37 bits per heavy atom. The van der Waals surface area contributed by atoms with Crippen LogP contribution in [0, 0.1) is 0 Å². The zero-order valence-electron chi connectivity index (χ0n) is 11.8. The Hall–Kier alpha value is -1.36. The van der Waals surface area contributed by atoms with E-state index in [0.717, 1.165) is 16.5 Å². The lowest BCUT2D eigenvalue weighted by Gasteiger charge is -2.31. The molecule has 2 rings (SSSR count). The molecule has 1 aromatic carbocycles. The van der Waals surface area contributed by atoms with Gasteiger partial charge in [0.2, 0.25) is 0 Å². The Morgan fingerprint density at radius 2 is 2.11 bits per heavy atom. The van der Waals surface area contributed by atoms with Gasteiger partial charge >= 0.3 is 0 Å². The number of methoxy groups -OCH3 is 1. The van der Waals surface area contributed by atoms with Crippen molar-refractivity contribution in [2.75, 3.05) is 27.3 Å². The molecule has 0 bridgehead atoms. The molecule has 2 aromatic rings. The average molecular weight is 262 g/mol. The Balaban J connectivity index is 2.31. The molecule has 0 radical (unpaired) electrons. The van der Waals surface area contributed by atoms with Gasteiger partial charge in [-0.05, 0) is 20.0 Å². The van der Waals surface area contributed by atoms with Gasteiger partial charge in [-0.2, -0.15) is 0 Å². The van der Waals surface area contributed by atoms with Crippen LogP contribution in [0.3, 0.4) is 0 Å². The second kappa shape index (κ2) is 6.19. The molecule has 2 atom stereocenters. The fourth-order valence-corrected chi connectivity index (χ4v) is 2.43. The first-order chi connectivity index (χ1) is 9.19. The molecule has 19 heavy (non-hydrogen) atoms. The first kappa shape index (κ1) is 14.1. The van der Waals surface area contributed by atoms with Crippen LogP contribution in [0.15, 0.2) is 34.9 Å². The molecule has 1 heterocycles. The van der Waals surface area contributed by atoms with Crippen LogP contribution in [0.25, 0.3) is 11.0 Å². The second-order valence-electron chi connectivity index (χ2n) is 4.91. The maximum Gasteiger partial charge on any atom is 0.134 e. The summed E-state index contributed by atoms with van der Waals surface area (Å²) in [6.07, 6.45) is 1.82. The van der Waals surface area contributed by atoms with Gasteiger partial charge in [-0.3, -0.25) is 4.90 Å². The summed E-state index contributed by atoms with van der Waals surface area (Å²) in [6, 6.07) is 8.48. The molecular formula is C15H22N2O2. The van der Waals surface area contributed by atoms with Gasteiger partial charge in [0.25, 0.3) is 0 Å². The van der Waals surface area contributed by atoms with Gasteiger partial charge < -0.3 is 14.9 Å². The van der Waals surface area contributed by atoms with Crippen LogP contribution in [-0.4, -0.2) is 38.3 Å². The number of benzene rings is 1. The number of ether oxygens (including phenoxy) is 1. The molecule has 0 aliphatic heterocycles. The van der Waals surface area contributed by atoms with E-state index < -0.39 is 0 Å². The van der Waals surface area contributed by atoms with Crippen molar-refractivity contribution in [3.8, 4) is 0 Å². The Labute approximate surface area is 114 Å². The van der Waals surface area contributed by atoms with Crippen LogP contribution in [0.4, 0.5) is 0 Å². The topological polar surface area (TPSA) is 51.6 Å². The van der Waals surface area contributed by atoms with Crippen LogP contribution in [0.5, 0.6) is 0 Å². The molecule has 4 nitrogen and oxygen atoms in total. The van der Waals surface area contributed by atoms with Crippen molar-refractivity contribution in [2.45, 2.75) is 19.0 Å². The molecule has 4 heteroatoms. The summed E-state index contributed by atoms with van der Waals surface area (Å²) in [6.45, 7) is 3.37. The van der Waals surface area contributed by atoms with Gasteiger partial charge in [0, 0.05) is 30.6 Å². The Morgan fingerprint density at radius 3 is 2.79 bits per heavy atom. The molecule has 0 spiro atoms. The maximum absolute atomic E-state index is 5.97. The number of hydrogen-bond donors (Lipinski definition) is 1. The van der Waals surface area contributed by atoms with Gasteiger partial charge in [-0.25, -0.2) is 0 Å². The summed E-state index contributed by atoms with van der Waals surface area (Å²) < 4.78 is 10.8. The van der Waals surface area contributed by atoms with E-state index in [2.05, 4.69) is 24.9 Å². The van der Waals surface area contributed by atoms with E-state index >= 15 is 0 Å². The molecule has 2 N–H and O–H groups in total. The van der Waals surface area contributed by atoms with Crippen molar-refractivity contribution < 1.29 is 9.15 Å². The number of hydrogen-bond acceptors (Lipinski definition) is 4.